The minimum absolute atomic E-state index is 0.204. The van der Waals surface area contributed by atoms with E-state index in [0.717, 1.165) is 0 Å². The molecule has 2 N–H and O–H groups in total. The van der Waals surface area contributed by atoms with Gasteiger partial charge in [-0.2, -0.15) is 0 Å². The smallest absolute Gasteiger partial charge is 0.249 e. The van der Waals surface area contributed by atoms with Crippen LogP contribution in [0.15, 0.2) is 0 Å². The molecule has 0 saturated heterocycles. The number of amides is 1. The quantitative estimate of drug-likeness (QED) is 0.528. The molecule has 17 heavy (non-hydrogen) atoms. The average Bonchev–Trinajstić information content (AvgIpc) is 2.23. The Balaban J connectivity index is 4.23. The van der Waals surface area contributed by atoms with Gasteiger partial charge in [0.2, 0.25) is 5.91 Å². The number of carbonyl (C=O) groups excluding carboxylic acids is 1. The molecule has 0 rings (SSSR count). The van der Waals surface area contributed by atoms with Crippen LogP contribution >= 0.6 is 0 Å². The highest BCUT2D eigenvalue weighted by Gasteiger charge is 2.31. The SMILES string of the molecule is CCOC(CC)ONC(=O)C(CO)C(C)(C)C. The molecule has 0 fully saturated rings. The zero-order valence-electron chi connectivity index (χ0n) is 11.4. The van der Waals surface area contributed by atoms with E-state index in [-0.39, 0.29) is 17.9 Å². The van der Waals surface area contributed by atoms with Gasteiger partial charge >= 0.3 is 0 Å². The Morgan fingerprint density at radius 3 is 2.29 bits per heavy atom. The predicted octanol–water partition coefficient (Wildman–Crippen LogP) is 1.46. The van der Waals surface area contributed by atoms with E-state index in [1.807, 2.05) is 34.6 Å². The van der Waals surface area contributed by atoms with E-state index in [1.165, 1.54) is 0 Å². The highest BCUT2D eigenvalue weighted by Crippen LogP contribution is 2.25. The van der Waals surface area contributed by atoms with Crippen LogP contribution in [0.3, 0.4) is 0 Å². The fraction of sp³-hybridized carbons (Fsp3) is 0.917. The maximum atomic E-state index is 11.8. The van der Waals surface area contributed by atoms with Crippen LogP contribution in [0.1, 0.15) is 41.0 Å². The van der Waals surface area contributed by atoms with Crippen molar-refractivity contribution in [3.63, 3.8) is 0 Å². The molecule has 2 unspecified atom stereocenters. The molecule has 0 spiro atoms. The fourth-order valence-electron chi connectivity index (χ4n) is 1.37. The van der Waals surface area contributed by atoms with E-state index in [4.69, 9.17) is 9.57 Å². The summed E-state index contributed by atoms with van der Waals surface area (Å²) < 4.78 is 5.24. The van der Waals surface area contributed by atoms with Crippen LogP contribution in [-0.2, 0) is 14.4 Å². The van der Waals surface area contributed by atoms with Crippen molar-refractivity contribution in [2.75, 3.05) is 13.2 Å². The van der Waals surface area contributed by atoms with Crippen LogP contribution < -0.4 is 5.48 Å². The lowest BCUT2D eigenvalue weighted by molar-refractivity contribution is -0.191. The molecule has 0 aromatic rings. The summed E-state index contributed by atoms with van der Waals surface area (Å²) in [4.78, 5) is 16.9. The molecule has 0 aliphatic carbocycles. The van der Waals surface area contributed by atoms with Gasteiger partial charge in [-0.25, -0.2) is 10.3 Å². The van der Waals surface area contributed by atoms with Crippen molar-refractivity contribution in [1.29, 1.82) is 0 Å². The zero-order chi connectivity index (χ0) is 13.5. The fourth-order valence-corrected chi connectivity index (χ4v) is 1.37. The van der Waals surface area contributed by atoms with E-state index in [1.54, 1.807) is 0 Å². The summed E-state index contributed by atoms with van der Waals surface area (Å²) in [6.45, 7) is 9.77. The highest BCUT2D eigenvalue weighted by molar-refractivity contribution is 5.78. The van der Waals surface area contributed by atoms with Gasteiger partial charge in [0.1, 0.15) is 0 Å². The Morgan fingerprint density at radius 1 is 1.35 bits per heavy atom. The van der Waals surface area contributed by atoms with Crippen molar-refractivity contribution in [2.45, 2.75) is 47.3 Å². The summed E-state index contributed by atoms with van der Waals surface area (Å²) in [5.74, 6) is -0.820. The van der Waals surface area contributed by atoms with Crippen LogP contribution in [0.5, 0.6) is 0 Å². The number of carbonyl (C=O) groups is 1. The van der Waals surface area contributed by atoms with Crippen LogP contribution in [-0.4, -0.2) is 30.5 Å². The zero-order valence-corrected chi connectivity index (χ0v) is 11.4. The topological polar surface area (TPSA) is 67.8 Å². The van der Waals surface area contributed by atoms with Gasteiger partial charge in [-0.3, -0.25) is 4.79 Å². The summed E-state index contributed by atoms with van der Waals surface area (Å²) in [6.07, 6.45) is 0.205. The average molecular weight is 247 g/mol. The molecule has 5 nitrogen and oxygen atoms in total. The van der Waals surface area contributed by atoms with Gasteiger partial charge in [0.15, 0.2) is 6.29 Å². The molecule has 0 aliphatic heterocycles. The summed E-state index contributed by atoms with van der Waals surface area (Å²) in [5, 5.41) is 9.21. The Bertz CT molecular complexity index is 225. The first kappa shape index (κ1) is 16.4. The normalized spacial score (nSPS) is 15.4. The second-order valence-electron chi connectivity index (χ2n) is 4.98. The van der Waals surface area contributed by atoms with Crippen LogP contribution in [0, 0.1) is 11.3 Å². The van der Waals surface area contributed by atoms with Crippen molar-refractivity contribution in [3.05, 3.63) is 0 Å². The van der Waals surface area contributed by atoms with Gasteiger partial charge in [-0.15, -0.1) is 0 Å². The van der Waals surface area contributed by atoms with Gasteiger partial charge in [0.05, 0.1) is 12.5 Å². The maximum absolute atomic E-state index is 11.8. The molecule has 2 atom stereocenters. The van der Waals surface area contributed by atoms with E-state index in [2.05, 4.69) is 5.48 Å². The highest BCUT2D eigenvalue weighted by atomic mass is 16.8. The summed E-state index contributed by atoms with van der Waals surface area (Å²) in [6, 6.07) is 0. The van der Waals surface area contributed by atoms with Gasteiger partial charge < -0.3 is 9.84 Å². The number of ether oxygens (including phenoxy) is 1. The third-order valence-corrected chi connectivity index (χ3v) is 2.52. The molecule has 5 heteroatoms. The molecule has 0 heterocycles. The number of hydroxylamine groups is 1. The lowest BCUT2D eigenvalue weighted by Crippen LogP contribution is -2.42. The minimum atomic E-state index is -0.498. The number of nitrogens with one attached hydrogen (secondary N) is 1. The molecule has 0 saturated carbocycles. The molecule has 1 amide bonds. The van der Waals surface area contributed by atoms with E-state index in [9.17, 15) is 9.90 Å². The second kappa shape index (κ2) is 7.63. The molecular formula is C12H25NO4. The van der Waals surface area contributed by atoms with Gasteiger partial charge in [0, 0.05) is 6.61 Å². The van der Waals surface area contributed by atoms with Crippen molar-refractivity contribution < 1.29 is 19.5 Å². The largest absolute Gasteiger partial charge is 0.396 e. The standard InChI is InChI=1S/C12H25NO4/c1-6-10(16-7-2)17-13-11(15)9(8-14)12(3,4)5/h9-10,14H,6-8H2,1-5H3,(H,13,15). The first-order chi connectivity index (χ1) is 7.86. The first-order valence-electron chi connectivity index (χ1n) is 6.04. The molecule has 0 aliphatic rings. The second-order valence-corrected chi connectivity index (χ2v) is 4.98. The van der Waals surface area contributed by atoms with Crippen LogP contribution in [0.25, 0.3) is 0 Å². The molecule has 102 valence electrons. The monoisotopic (exact) mass is 247 g/mol. The first-order valence-corrected chi connectivity index (χ1v) is 6.04. The third-order valence-electron chi connectivity index (χ3n) is 2.52. The Morgan fingerprint density at radius 2 is 1.94 bits per heavy atom. The summed E-state index contributed by atoms with van der Waals surface area (Å²) in [5.41, 5.74) is 2.04. The van der Waals surface area contributed by atoms with Gasteiger partial charge in [-0.05, 0) is 18.8 Å². The predicted molar refractivity (Wildman–Crippen MR) is 65.0 cm³/mol. The number of hydrogen-bond acceptors (Lipinski definition) is 4. The van der Waals surface area contributed by atoms with Crippen molar-refractivity contribution in [2.24, 2.45) is 11.3 Å². The maximum Gasteiger partial charge on any atom is 0.249 e. The van der Waals surface area contributed by atoms with Gasteiger partial charge in [0.25, 0.3) is 0 Å². The van der Waals surface area contributed by atoms with E-state index in [0.29, 0.717) is 13.0 Å². The molecule has 0 bridgehead atoms. The van der Waals surface area contributed by atoms with Crippen molar-refractivity contribution >= 4 is 5.91 Å². The lowest BCUT2D eigenvalue weighted by Gasteiger charge is -2.28. The lowest BCUT2D eigenvalue weighted by atomic mass is 9.81. The van der Waals surface area contributed by atoms with Crippen molar-refractivity contribution in [1.82, 2.24) is 5.48 Å². The summed E-state index contributed by atoms with van der Waals surface area (Å²) in [7, 11) is 0. The molecule has 0 aromatic carbocycles. The molecule has 0 aromatic heterocycles. The van der Waals surface area contributed by atoms with Crippen LogP contribution in [0.2, 0.25) is 0 Å². The summed E-state index contributed by atoms with van der Waals surface area (Å²) >= 11 is 0. The number of aliphatic hydroxyl groups excluding tert-OH is 1. The Hall–Kier alpha value is -0.650. The number of hydrogen-bond donors (Lipinski definition) is 2. The van der Waals surface area contributed by atoms with E-state index >= 15 is 0 Å². The van der Waals surface area contributed by atoms with Crippen LogP contribution in [0.4, 0.5) is 0 Å². The number of rotatable bonds is 7. The number of aliphatic hydroxyl groups is 1. The van der Waals surface area contributed by atoms with E-state index < -0.39 is 12.2 Å². The van der Waals surface area contributed by atoms with Gasteiger partial charge in [-0.1, -0.05) is 27.7 Å². The third kappa shape index (κ3) is 6.00. The minimum Gasteiger partial charge on any atom is -0.396 e. The Labute approximate surface area is 103 Å². The van der Waals surface area contributed by atoms with Crippen molar-refractivity contribution in [3.8, 4) is 0 Å². The Kier molecular flexibility index (Phi) is 7.34. The molecular weight excluding hydrogens is 222 g/mol. The molecule has 0 radical (unpaired) electrons.